The summed E-state index contributed by atoms with van der Waals surface area (Å²) in [5, 5.41) is 11.6. The van der Waals surface area contributed by atoms with Gasteiger partial charge in [0.2, 0.25) is 0 Å². The number of carbonyl (C=O) groups excluding carboxylic acids is 2. The molecule has 0 radical (unpaired) electrons. The zero-order valence-electron chi connectivity index (χ0n) is 15.4. The maximum absolute atomic E-state index is 12.3. The summed E-state index contributed by atoms with van der Waals surface area (Å²) in [6.45, 7) is 1.45. The molecule has 0 bridgehead atoms. The number of ether oxygens (including phenoxy) is 1. The maximum Gasteiger partial charge on any atom is 0.306 e. The van der Waals surface area contributed by atoms with Crippen LogP contribution in [0.3, 0.4) is 0 Å². The molecule has 1 atom stereocenters. The second kappa shape index (κ2) is 9.05. The molecule has 1 aliphatic carbocycles. The third-order valence-corrected chi connectivity index (χ3v) is 5.24. The lowest BCUT2D eigenvalue weighted by Crippen LogP contribution is -2.50. The minimum atomic E-state index is -0.461. The molecule has 0 spiro atoms. The standard InChI is InChI=1S/C19H22ClN3O5/c20-15-5-6-16(17(12-15)23(26)27)21-7-9-22(10-8-21)18(24)13-28-19(25)11-14-3-1-2-4-14/h1,3,5-6,12,14H,2,4,7-11,13H2/t14-/m0/s1. The fourth-order valence-corrected chi connectivity index (χ4v) is 3.65. The summed E-state index contributed by atoms with van der Waals surface area (Å²) in [4.78, 5) is 38.4. The summed E-state index contributed by atoms with van der Waals surface area (Å²) >= 11 is 5.86. The van der Waals surface area contributed by atoms with Gasteiger partial charge >= 0.3 is 5.97 Å². The van der Waals surface area contributed by atoms with Crippen LogP contribution in [0.1, 0.15) is 19.3 Å². The average Bonchev–Trinajstić information content (AvgIpc) is 3.19. The zero-order valence-corrected chi connectivity index (χ0v) is 16.1. The summed E-state index contributed by atoms with van der Waals surface area (Å²) in [5.74, 6) is -0.401. The molecule has 0 saturated carbocycles. The van der Waals surface area contributed by atoms with Crippen LogP contribution in [-0.2, 0) is 14.3 Å². The molecule has 1 amide bonds. The van der Waals surface area contributed by atoms with Crippen molar-refractivity contribution in [2.24, 2.45) is 5.92 Å². The zero-order chi connectivity index (χ0) is 20.1. The van der Waals surface area contributed by atoms with E-state index in [0.717, 1.165) is 12.8 Å². The molecular formula is C19H22ClN3O5. The van der Waals surface area contributed by atoms with Gasteiger partial charge in [-0.3, -0.25) is 19.7 Å². The molecule has 0 unspecified atom stereocenters. The van der Waals surface area contributed by atoms with Crippen molar-refractivity contribution < 1.29 is 19.2 Å². The summed E-state index contributed by atoms with van der Waals surface area (Å²) < 4.78 is 5.11. The van der Waals surface area contributed by atoms with Crippen LogP contribution in [0.25, 0.3) is 0 Å². The number of anilines is 1. The van der Waals surface area contributed by atoms with Crippen molar-refractivity contribution in [3.8, 4) is 0 Å². The predicted octanol–water partition coefficient (Wildman–Crippen LogP) is 2.80. The van der Waals surface area contributed by atoms with Gasteiger partial charge < -0.3 is 14.5 Å². The van der Waals surface area contributed by atoms with Crippen molar-refractivity contribution in [3.63, 3.8) is 0 Å². The average molecular weight is 408 g/mol. The van der Waals surface area contributed by atoms with Crippen molar-refractivity contribution in [3.05, 3.63) is 45.5 Å². The number of piperazine rings is 1. The highest BCUT2D eigenvalue weighted by Crippen LogP contribution is 2.31. The third-order valence-electron chi connectivity index (χ3n) is 5.01. The number of esters is 1. The van der Waals surface area contributed by atoms with Gasteiger partial charge in [-0.05, 0) is 30.9 Å². The number of rotatable bonds is 6. The van der Waals surface area contributed by atoms with Gasteiger partial charge in [-0.25, -0.2) is 0 Å². The Bertz CT molecular complexity index is 790. The second-order valence-corrected chi connectivity index (χ2v) is 7.32. The largest absolute Gasteiger partial charge is 0.456 e. The number of amides is 1. The van der Waals surface area contributed by atoms with E-state index in [1.165, 1.54) is 6.07 Å². The predicted molar refractivity (Wildman–Crippen MR) is 104 cm³/mol. The lowest BCUT2D eigenvalue weighted by atomic mass is 10.1. The van der Waals surface area contributed by atoms with Crippen molar-refractivity contribution >= 4 is 34.9 Å². The maximum atomic E-state index is 12.3. The van der Waals surface area contributed by atoms with E-state index in [1.54, 1.807) is 17.0 Å². The third kappa shape index (κ3) is 5.01. The Labute approximate surface area is 167 Å². The summed E-state index contributed by atoms with van der Waals surface area (Å²) in [6, 6.07) is 4.56. The first-order chi connectivity index (χ1) is 13.4. The van der Waals surface area contributed by atoms with E-state index in [1.807, 2.05) is 17.1 Å². The van der Waals surface area contributed by atoms with Gasteiger partial charge in [0.05, 0.1) is 11.3 Å². The Morgan fingerprint density at radius 3 is 2.64 bits per heavy atom. The molecule has 1 aliphatic heterocycles. The van der Waals surface area contributed by atoms with Gasteiger partial charge in [0, 0.05) is 37.3 Å². The molecule has 1 heterocycles. The lowest BCUT2D eigenvalue weighted by molar-refractivity contribution is -0.384. The molecule has 1 fully saturated rings. The lowest BCUT2D eigenvalue weighted by Gasteiger charge is -2.35. The Kier molecular flexibility index (Phi) is 6.51. The molecule has 2 aliphatic rings. The number of hydrogen-bond acceptors (Lipinski definition) is 6. The van der Waals surface area contributed by atoms with Crippen LogP contribution in [0.2, 0.25) is 5.02 Å². The number of carbonyl (C=O) groups is 2. The second-order valence-electron chi connectivity index (χ2n) is 6.89. The first-order valence-electron chi connectivity index (χ1n) is 9.23. The van der Waals surface area contributed by atoms with Crippen molar-refractivity contribution in [2.75, 3.05) is 37.7 Å². The molecule has 1 saturated heterocycles. The van der Waals surface area contributed by atoms with Gasteiger partial charge in [0.25, 0.3) is 11.6 Å². The summed E-state index contributed by atoms with van der Waals surface area (Å²) in [5.41, 5.74) is 0.430. The topological polar surface area (TPSA) is 93.0 Å². The van der Waals surface area contributed by atoms with Crippen LogP contribution in [-0.4, -0.2) is 54.5 Å². The summed E-state index contributed by atoms with van der Waals surface area (Å²) in [6.07, 6.45) is 6.29. The molecule has 3 rings (SSSR count). The van der Waals surface area contributed by atoms with Crippen LogP contribution in [0, 0.1) is 16.0 Å². The van der Waals surface area contributed by atoms with E-state index < -0.39 is 4.92 Å². The van der Waals surface area contributed by atoms with E-state index in [0.29, 0.717) is 43.3 Å². The molecule has 9 heteroatoms. The van der Waals surface area contributed by atoms with E-state index in [-0.39, 0.29) is 30.1 Å². The van der Waals surface area contributed by atoms with Crippen molar-refractivity contribution in [1.29, 1.82) is 0 Å². The molecule has 150 valence electrons. The number of halogens is 1. The molecule has 28 heavy (non-hydrogen) atoms. The van der Waals surface area contributed by atoms with Gasteiger partial charge in [0.15, 0.2) is 6.61 Å². The van der Waals surface area contributed by atoms with Crippen molar-refractivity contribution in [1.82, 2.24) is 4.90 Å². The van der Waals surface area contributed by atoms with Crippen LogP contribution >= 0.6 is 11.6 Å². The molecular weight excluding hydrogens is 386 g/mol. The van der Waals surface area contributed by atoms with E-state index in [9.17, 15) is 19.7 Å². The normalized spacial score (nSPS) is 19.0. The van der Waals surface area contributed by atoms with Crippen LogP contribution < -0.4 is 4.90 Å². The highest BCUT2D eigenvalue weighted by molar-refractivity contribution is 6.30. The fourth-order valence-electron chi connectivity index (χ4n) is 3.48. The minimum absolute atomic E-state index is 0.0535. The van der Waals surface area contributed by atoms with Gasteiger partial charge in [-0.2, -0.15) is 0 Å². The number of allylic oxidation sites excluding steroid dienone is 2. The van der Waals surface area contributed by atoms with Gasteiger partial charge in [0.1, 0.15) is 5.69 Å². The fraction of sp³-hybridized carbons (Fsp3) is 0.474. The van der Waals surface area contributed by atoms with Gasteiger partial charge in [-0.1, -0.05) is 23.8 Å². The first kappa shape index (κ1) is 20.1. The van der Waals surface area contributed by atoms with Crippen LogP contribution in [0.15, 0.2) is 30.4 Å². The Balaban J connectivity index is 1.48. The quantitative estimate of drug-likeness (QED) is 0.311. The highest BCUT2D eigenvalue weighted by Gasteiger charge is 2.26. The minimum Gasteiger partial charge on any atom is -0.456 e. The number of nitro groups is 1. The monoisotopic (exact) mass is 407 g/mol. The van der Waals surface area contributed by atoms with E-state index >= 15 is 0 Å². The Morgan fingerprint density at radius 2 is 2.00 bits per heavy atom. The number of nitro benzene ring substituents is 1. The number of hydrogen-bond donors (Lipinski definition) is 0. The Morgan fingerprint density at radius 1 is 1.25 bits per heavy atom. The molecule has 8 nitrogen and oxygen atoms in total. The molecule has 0 N–H and O–H groups in total. The van der Waals surface area contributed by atoms with E-state index in [2.05, 4.69) is 0 Å². The highest BCUT2D eigenvalue weighted by atomic mass is 35.5. The van der Waals surface area contributed by atoms with E-state index in [4.69, 9.17) is 16.3 Å². The first-order valence-corrected chi connectivity index (χ1v) is 9.61. The smallest absolute Gasteiger partial charge is 0.306 e. The number of benzene rings is 1. The molecule has 1 aromatic carbocycles. The summed E-state index contributed by atoms with van der Waals surface area (Å²) in [7, 11) is 0. The molecule has 0 aromatic heterocycles. The Hall–Kier alpha value is -2.61. The van der Waals surface area contributed by atoms with Crippen molar-refractivity contribution in [2.45, 2.75) is 19.3 Å². The molecule has 1 aromatic rings. The van der Waals surface area contributed by atoms with Gasteiger partial charge in [-0.15, -0.1) is 0 Å². The number of nitrogens with zero attached hydrogens (tertiary/aromatic N) is 3. The van der Waals surface area contributed by atoms with Crippen LogP contribution in [0.5, 0.6) is 0 Å². The SMILES string of the molecule is O=C(C[C@H]1C=CCC1)OCC(=O)N1CCN(c2ccc(Cl)cc2[N+](=O)[O-])CC1. The van der Waals surface area contributed by atoms with Crippen LogP contribution in [0.4, 0.5) is 11.4 Å².